The first-order chi connectivity index (χ1) is 7.65. The number of carbonyl (C=O) groups excluding carboxylic acids is 1. The summed E-state index contributed by atoms with van der Waals surface area (Å²) >= 11 is 0. The van der Waals surface area contributed by atoms with E-state index in [0.29, 0.717) is 19.6 Å². The molecular formula is C10H18N2O4. The summed E-state index contributed by atoms with van der Waals surface area (Å²) < 4.78 is 4.78. The van der Waals surface area contributed by atoms with Crippen LogP contribution in [-0.2, 0) is 9.53 Å². The fraction of sp³-hybridized carbons (Fsp3) is 0.800. The third kappa shape index (κ3) is 3.69. The number of carboxylic acids is 1. The van der Waals surface area contributed by atoms with Crippen molar-refractivity contribution in [2.75, 3.05) is 20.3 Å². The first-order valence-corrected chi connectivity index (χ1v) is 5.41. The highest BCUT2D eigenvalue weighted by Gasteiger charge is 2.33. The molecule has 0 saturated heterocycles. The Hall–Kier alpha value is -1.30. The van der Waals surface area contributed by atoms with Gasteiger partial charge in [0.2, 0.25) is 0 Å². The van der Waals surface area contributed by atoms with E-state index in [1.165, 1.54) is 0 Å². The van der Waals surface area contributed by atoms with Crippen LogP contribution in [0.5, 0.6) is 0 Å². The number of nitrogens with one attached hydrogen (secondary N) is 2. The zero-order valence-electron chi connectivity index (χ0n) is 9.36. The Morgan fingerprint density at radius 3 is 2.81 bits per heavy atom. The van der Waals surface area contributed by atoms with Crippen molar-refractivity contribution in [3.05, 3.63) is 0 Å². The van der Waals surface area contributed by atoms with Crippen molar-refractivity contribution in [2.24, 2.45) is 5.92 Å². The number of aliphatic carboxylic acids is 1. The Balaban J connectivity index is 2.30. The standard InChI is InChI=1S/C10H18N2O4/c1-16-6-5-11-10(15)12-8-4-2-3-7(8)9(13)14/h7-8H,2-6H2,1H3,(H,13,14)(H2,11,12,15). The van der Waals surface area contributed by atoms with Gasteiger partial charge in [-0.25, -0.2) is 4.79 Å². The Labute approximate surface area is 94.3 Å². The maximum absolute atomic E-state index is 11.4. The molecule has 0 spiro atoms. The molecule has 16 heavy (non-hydrogen) atoms. The summed E-state index contributed by atoms with van der Waals surface area (Å²) in [6.45, 7) is 0.868. The van der Waals surface area contributed by atoms with Crippen LogP contribution in [0, 0.1) is 5.92 Å². The van der Waals surface area contributed by atoms with E-state index < -0.39 is 11.9 Å². The Morgan fingerprint density at radius 1 is 1.44 bits per heavy atom. The van der Waals surface area contributed by atoms with Crippen LogP contribution in [-0.4, -0.2) is 43.4 Å². The highest BCUT2D eigenvalue weighted by Crippen LogP contribution is 2.25. The van der Waals surface area contributed by atoms with Gasteiger partial charge in [-0.2, -0.15) is 0 Å². The quantitative estimate of drug-likeness (QED) is 0.588. The number of hydrogen-bond donors (Lipinski definition) is 3. The Bertz CT molecular complexity index is 257. The van der Waals surface area contributed by atoms with Gasteiger partial charge in [0, 0.05) is 19.7 Å². The Kier molecular flexibility index (Phi) is 5.04. The van der Waals surface area contributed by atoms with E-state index in [4.69, 9.17) is 9.84 Å². The highest BCUT2D eigenvalue weighted by atomic mass is 16.5. The van der Waals surface area contributed by atoms with Gasteiger partial charge < -0.3 is 20.5 Å². The number of urea groups is 1. The maximum atomic E-state index is 11.4. The van der Waals surface area contributed by atoms with Crippen LogP contribution in [0.4, 0.5) is 4.79 Å². The van der Waals surface area contributed by atoms with Gasteiger partial charge in [-0.05, 0) is 12.8 Å². The summed E-state index contributed by atoms with van der Waals surface area (Å²) in [6, 6.07) is -0.574. The molecule has 2 unspecified atom stereocenters. The minimum Gasteiger partial charge on any atom is -0.481 e. The predicted octanol–water partition coefficient (Wildman–Crippen LogP) is 0.185. The van der Waals surface area contributed by atoms with Crippen molar-refractivity contribution in [3.8, 4) is 0 Å². The average molecular weight is 230 g/mol. The summed E-state index contributed by atoms with van der Waals surface area (Å²) in [6.07, 6.45) is 2.22. The van der Waals surface area contributed by atoms with E-state index in [0.717, 1.165) is 12.8 Å². The van der Waals surface area contributed by atoms with Crippen LogP contribution >= 0.6 is 0 Å². The average Bonchev–Trinajstić information content (AvgIpc) is 2.66. The third-order valence-corrected chi connectivity index (χ3v) is 2.74. The third-order valence-electron chi connectivity index (χ3n) is 2.74. The van der Waals surface area contributed by atoms with Gasteiger partial charge in [-0.3, -0.25) is 4.79 Å². The summed E-state index contributed by atoms with van der Waals surface area (Å²) in [5, 5.41) is 14.2. The van der Waals surface area contributed by atoms with Crippen molar-refractivity contribution in [1.29, 1.82) is 0 Å². The lowest BCUT2D eigenvalue weighted by atomic mass is 10.0. The first kappa shape index (κ1) is 12.8. The van der Waals surface area contributed by atoms with E-state index in [2.05, 4.69) is 10.6 Å². The van der Waals surface area contributed by atoms with E-state index >= 15 is 0 Å². The molecule has 0 aromatic rings. The predicted molar refractivity (Wildman–Crippen MR) is 57.2 cm³/mol. The SMILES string of the molecule is COCCNC(=O)NC1CCCC1C(=O)O. The zero-order chi connectivity index (χ0) is 12.0. The van der Waals surface area contributed by atoms with E-state index in [1.807, 2.05) is 0 Å². The molecule has 0 heterocycles. The molecule has 1 saturated carbocycles. The monoisotopic (exact) mass is 230 g/mol. The number of amides is 2. The lowest BCUT2D eigenvalue weighted by Gasteiger charge is -2.17. The topological polar surface area (TPSA) is 87.7 Å². The molecule has 1 aliphatic rings. The van der Waals surface area contributed by atoms with Gasteiger partial charge in [0.05, 0.1) is 12.5 Å². The van der Waals surface area contributed by atoms with Crippen molar-refractivity contribution in [3.63, 3.8) is 0 Å². The lowest BCUT2D eigenvalue weighted by molar-refractivity contribution is -0.142. The zero-order valence-corrected chi connectivity index (χ0v) is 9.36. The largest absolute Gasteiger partial charge is 0.481 e. The van der Waals surface area contributed by atoms with E-state index in [1.54, 1.807) is 7.11 Å². The van der Waals surface area contributed by atoms with Crippen LogP contribution in [0.3, 0.4) is 0 Å². The molecule has 1 rings (SSSR count). The molecular weight excluding hydrogens is 212 g/mol. The van der Waals surface area contributed by atoms with Crippen molar-refractivity contribution in [2.45, 2.75) is 25.3 Å². The fourth-order valence-corrected chi connectivity index (χ4v) is 1.91. The second-order valence-electron chi connectivity index (χ2n) is 3.88. The van der Waals surface area contributed by atoms with Gasteiger partial charge in [0.15, 0.2) is 0 Å². The van der Waals surface area contributed by atoms with E-state index in [-0.39, 0.29) is 12.1 Å². The minimum atomic E-state index is -0.834. The second-order valence-corrected chi connectivity index (χ2v) is 3.88. The maximum Gasteiger partial charge on any atom is 0.315 e. The second kappa shape index (κ2) is 6.32. The molecule has 1 fully saturated rings. The van der Waals surface area contributed by atoms with Crippen molar-refractivity contribution >= 4 is 12.0 Å². The minimum absolute atomic E-state index is 0.250. The first-order valence-electron chi connectivity index (χ1n) is 5.41. The van der Waals surface area contributed by atoms with Crippen molar-refractivity contribution in [1.82, 2.24) is 10.6 Å². The van der Waals surface area contributed by atoms with Gasteiger partial charge in [-0.15, -0.1) is 0 Å². The molecule has 6 heteroatoms. The highest BCUT2D eigenvalue weighted by molar-refractivity contribution is 5.76. The number of carbonyl (C=O) groups is 2. The summed E-state index contributed by atoms with van der Waals surface area (Å²) in [5.74, 6) is -1.28. The normalized spacial score (nSPS) is 24.1. The number of rotatable bonds is 5. The molecule has 0 radical (unpaired) electrons. The van der Waals surface area contributed by atoms with Gasteiger partial charge in [0.1, 0.15) is 0 Å². The molecule has 0 aromatic carbocycles. The van der Waals surface area contributed by atoms with Gasteiger partial charge in [0.25, 0.3) is 0 Å². The number of hydrogen-bond acceptors (Lipinski definition) is 3. The van der Waals surface area contributed by atoms with Crippen LogP contribution in [0.15, 0.2) is 0 Å². The number of ether oxygens (including phenoxy) is 1. The summed E-state index contributed by atoms with van der Waals surface area (Å²) in [7, 11) is 1.55. The molecule has 0 aromatic heterocycles. The summed E-state index contributed by atoms with van der Waals surface area (Å²) in [4.78, 5) is 22.2. The van der Waals surface area contributed by atoms with Crippen LogP contribution in [0.25, 0.3) is 0 Å². The molecule has 92 valence electrons. The molecule has 2 atom stereocenters. The van der Waals surface area contributed by atoms with Crippen LogP contribution in [0.1, 0.15) is 19.3 Å². The van der Waals surface area contributed by atoms with Gasteiger partial charge >= 0.3 is 12.0 Å². The van der Waals surface area contributed by atoms with Gasteiger partial charge in [-0.1, -0.05) is 6.42 Å². The smallest absolute Gasteiger partial charge is 0.315 e. The molecule has 3 N–H and O–H groups in total. The number of carboxylic acid groups (broad SMARTS) is 1. The molecule has 0 bridgehead atoms. The fourth-order valence-electron chi connectivity index (χ4n) is 1.91. The van der Waals surface area contributed by atoms with Crippen LogP contribution in [0.2, 0.25) is 0 Å². The molecule has 1 aliphatic carbocycles. The molecule has 2 amide bonds. The lowest BCUT2D eigenvalue weighted by Crippen LogP contribution is -2.46. The number of methoxy groups -OCH3 is 1. The van der Waals surface area contributed by atoms with Crippen molar-refractivity contribution < 1.29 is 19.4 Å². The Morgan fingerprint density at radius 2 is 2.19 bits per heavy atom. The molecule has 0 aliphatic heterocycles. The summed E-state index contributed by atoms with van der Waals surface area (Å²) in [5.41, 5.74) is 0. The van der Waals surface area contributed by atoms with E-state index in [9.17, 15) is 9.59 Å². The molecule has 6 nitrogen and oxygen atoms in total. The van der Waals surface area contributed by atoms with Crippen LogP contribution < -0.4 is 10.6 Å².